The Morgan fingerprint density at radius 1 is 1.35 bits per heavy atom. The van der Waals surface area contributed by atoms with Crippen molar-refractivity contribution >= 4 is 11.9 Å². The van der Waals surface area contributed by atoms with Crippen LogP contribution < -0.4 is 5.32 Å². The van der Waals surface area contributed by atoms with E-state index in [1.54, 1.807) is 0 Å². The lowest BCUT2D eigenvalue weighted by atomic mass is 9.90. The van der Waals surface area contributed by atoms with Crippen molar-refractivity contribution in [1.82, 2.24) is 5.32 Å². The summed E-state index contributed by atoms with van der Waals surface area (Å²) in [6, 6.07) is 0. The van der Waals surface area contributed by atoms with E-state index in [2.05, 4.69) is 5.32 Å². The molecule has 0 aromatic rings. The van der Waals surface area contributed by atoms with Gasteiger partial charge in [0.05, 0.1) is 6.54 Å². The van der Waals surface area contributed by atoms with Crippen LogP contribution >= 0.6 is 0 Å². The maximum atomic E-state index is 11.9. The molecule has 2 N–H and O–H groups in total. The molecule has 0 aliphatic carbocycles. The number of ether oxygens (including phenoxy) is 1. The van der Waals surface area contributed by atoms with Gasteiger partial charge in [0.25, 0.3) is 0 Å². The Kier molecular flexibility index (Phi) is 7.54. The van der Waals surface area contributed by atoms with Gasteiger partial charge in [-0.25, -0.2) is 4.79 Å². The number of aliphatic carboxylic acids is 1. The number of carboxylic acid groups (broad SMARTS) is 1. The van der Waals surface area contributed by atoms with Crippen LogP contribution in [-0.4, -0.2) is 36.7 Å². The van der Waals surface area contributed by atoms with Crippen molar-refractivity contribution in [2.45, 2.75) is 39.7 Å². The Balaban J connectivity index is 4.26. The SMILES string of the molecule is CCCC(C(=O)NCC(OC)C(=O)O)C(C)C. The summed E-state index contributed by atoms with van der Waals surface area (Å²) >= 11 is 0. The lowest BCUT2D eigenvalue weighted by Crippen LogP contribution is -2.41. The third kappa shape index (κ3) is 5.68. The molecule has 0 aromatic heterocycles. The molecule has 17 heavy (non-hydrogen) atoms. The number of nitrogens with one attached hydrogen (secondary N) is 1. The predicted molar refractivity (Wildman–Crippen MR) is 64.7 cm³/mol. The van der Waals surface area contributed by atoms with E-state index < -0.39 is 12.1 Å². The summed E-state index contributed by atoms with van der Waals surface area (Å²) in [6.45, 7) is 6.02. The minimum Gasteiger partial charge on any atom is -0.479 e. The first-order valence-corrected chi connectivity index (χ1v) is 5.97. The average Bonchev–Trinajstić information content (AvgIpc) is 2.25. The molecule has 0 heterocycles. The first-order valence-electron chi connectivity index (χ1n) is 5.97. The average molecular weight is 245 g/mol. The van der Waals surface area contributed by atoms with Crippen LogP contribution in [0.25, 0.3) is 0 Å². The van der Waals surface area contributed by atoms with E-state index in [1.807, 2.05) is 20.8 Å². The number of carbonyl (C=O) groups is 2. The maximum absolute atomic E-state index is 11.9. The Bertz CT molecular complexity index is 253. The van der Waals surface area contributed by atoms with E-state index in [9.17, 15) is 9.59 Å². The fourth-order valence-electron chi connectivity index (χ4n) is 1.67. The number of methoxy groups -OCH3 is 1. The number of hydrogen-bond acceptors (Lipinski definition) is 3. The van der Waals surface area contributed by atoms with Gasteiger partial charge in [-0.3, -0.25) is 4.79 Å². The van der Waals surface area contributed by atoms with Crippen molar-refractivity contribution in [1.29, 1.82) is 0 Å². The molecule has 5 nitrogen and oxygen atoms in total. The molecule has 100 valence electrons. The van der Waals surface area contributed by atoms with Gasteiger partial charge in [-0.15, -0.1) is 0 Å². The van der Waals surface area contributed by atoms with Gasteiger partial charge in [0.1, 0.15) is 0 Å². The lowest BCUT2D eigenvalue weighted by Gasteiger charge is -2.20. The van der Waals surface area contributed by atoms with E-state index in [0.717, 1.165) is 12.8 Å². The monoisotopic (exact) mass is 245 g/mol. The highest BCUT2D eigenvalue weighted by Gasteiger charge is 2.23. The van der Waals surface area contributed by atoms with E-state index in [4.69, 9.17) is 9.84 Å². The summed E-state index contributed by atoms with van der Waals surface area (Å²) in [7, 11) is 1.32. The van der Waals surface area contributed by atoms with Crippen LogP contribution in [0.1, 0.15) is 33.6 Å². The lowest BCUT2D eigenvalue weighted by molar-refractivity contribution is -0.148. The number of carboxylic acids is 1. The van der Waals surface area contributed by atoms with Crippen molar-refractivity contribution < 1.29 is 19.4 Å². The first-order chi connectivity index (χ1) is 7.93. The minimum atomic E-state index is -1.07. The highest BCUT2D eigenvalue weighted by molar-refractivity contribution is 5.80. The van der Waals surface area contributed by atoms with Crippen molar-refractivity contribution in [3.63, 3.8) is 0 Å². The highest BCUT2D eigenvalue weighted by Crippen LogP contribution is 2.17. The zero-order chi connectivity index (χ0) is 13.4. The molecule has 0 aliphatic heterocycles. The van der Waals surface area contributed by atoms with Gasteiger partial charge >= 0.3 is 5.97 Å². The van der Waals surface area contributed by atoms with Crippen LogP contribution in [0, 0.1) is 11.8 Å². The standard InChI is InChI=1S/C12H23NO4/c1-5-6-9(8(2)3)11(14)13-7-10(17-4)12(15)16/h8-10H,5-7H2,1-4H3,(H,13,14)(H,15,16). The van der Waals surface area contributed by atoms with E-state index in [-0.39, 0.29) is 24.3 Å². The topological polar surface area (TPSA) is 75.6 Å². The Hall–Kier alpha value is -1.10. The maximum Gasteiger partial charge on any atom is 0.334 e. The van der Waals surface area contributed by atoms with Gasteiger partial charge in [-0.1, -0.05) is 27.2 Å². The van der Waals surface area contributed by atoms with Crippen molar-refractivity contribution in [2.24, 2.45) is 11.8 Å². The molecule has 0 saturated heterocycles. The zero-order valence-corrected chi connectivity index (χ0v) is 11.0. The molecule has 0 aromatic carbocycles. The number of amides is 1. The zero-order valence-electron chi connectivity index (χ0n) is 11.0. The Morgan fingerprint density at radius 2 is 1.94 bits per heavy atom. The second-order valence-corrected chi connectivity index (χ2v) is 4.45. The number of hydrogen-bond donors (Lipinski definition) is 2. The molecule has 0 aliphatic rings. The molecule has 0 saturated carbocycles. The highest BCUT2D eigenvalue weighted by atomic mass is 16.5. The van der Waals surface area contributed by atoms with Crippen molar-refractivity contribution in [3.8, 4) is 0 Å². The van der Waals surface area contributed by atoms with E-state index >= 15 is 0 Å². The van der Waals surface area contributed by atoms with Gasteiger partial charge in [-0.05, 0) is 12.3 Å². The molecule has 0 radical (unpaired) electrons. The molecule has 1 amide bonds. The molecular formula is C12H23NO4. The predicted octanol–water partition coefficient (Wildman–Crippen LogP) is 1.27. The van der Waals surface area contributed by atoms with Crippen molar-refractivity contribution in [2.75, 3.05) is 13.7 Å². The smallest absolute Gasteiger partial charge is 0.334 e. The third-order valence-electron chi connectivity index (χ3n) is 2.76. The van der Waals surface area contributed by atoms with Crippen LogP contribution in [0.4, 0.5) is 0 Å². The van der Waals surface area contributed by atoms with Crippen LogP contribution in [-0.2, 0) is 14.3 Å². The summed E-state index contributed by atoms with van der Waals surface area (Å²) < 4.78 is 4.75. The summed E-state index contributed by atoms with van der Waals surface area (Å²) in [5.41, 5.74) is 0. The molecule has 0 rings (SSSR count). The normalized spacial score (nSPS) is 14.4. The minimum absolute atomic E-state index is 0.0115. The van der Waals surface area contributed by atoms with Crippen molar-refractivity contribution in [3.05, 3.63) is 0 Å². The molecule has 0 bridgehead atoms. The van der Waals surface area contributed by atoms with Gasteiger partial charge in [0, 0.05) is 13.0 Å². The van der Waals surface area contributed by atoms with Gasteiger partial charge in [0.2, 0.25) is 5.91 Å². The molecule has 5 heteroatoms. The Morgan fingerprint density at radius 3 is 2.29 bits per heavy atom. The first kappa shape index (κ1) is 15.9. The molecule has 2 unspecified atom stereocenters. The second kappa shape index (κ2) is 8.06. The fourth-order valence-corrected chi connectivity index (χ4v) is 1.67. The van der Waals surface area contributed by atoms with Crippen LogP contribution in [0.2, 0.25) is 0 Å². The van der Waals surface area contributed by atoms with E-state index in [0.29, 0.717) is 0 Å². The number of carbonyl (C=O) groups excluding carboxylic acids is 1. The fraction of sp³-hybridized carbons (Fsp3) is 0.833. The van der Waals surface area contributed by atoms with Gasteiger partial charge in [-0.2, -0.15) is 0 Å². The summed E-state index contributed by atoms with van der Waals surface area (Å²) in [5, 5.41) is 11.4. The summed E-state index contributed by atoms with van der Waals surface area (Å²) in [6.07, 6.45) is 0.769. The summed E-state index contributed by atoms with van der Waals surface area (Å²) in [5.74, 6) is -0.971. The van der Waals surface area contributed by atoms with E-state index in [1.165, 1.54) is 7.11 Å². The third-order valence-corrected chi connectivity index (χ3v) is 2.76. The van der Waals surface area contributed by atoms with Crippen LogP contribution in [0.5, 0.6) is 0 Å². The van der Waals surface area contributed by atoms with Gasteiger partial charge < -0.3 is 15.2 Å². The van der Waals surface area contributed by atoms with Gasteiger partial charge in [0.15, 0.2) is 6.10 Å². The quantitative estimate of drug-likeness (QED) is 0.675. The van der Waals surface area contributed by atoms with Crippen LogP contribution in [0.15, 0.2) is 0 Å². The largest absolute Gasteiger partial charge is 0.479 e. The summed E-state index contributed by atoms with van der Waals surface area (Å²) in [4.78, 5) is 22.6. The molecular weight excluding hydrogens is 222 g/mol. The number of rotatable bonds is 8. The molecule has 0 fully saturated rings. The molecule has 0 spiro atoms. The molecule has 2 atom stereocenters. The van der Waals surface area contributed by atoms with Crippen LogP contribution in [0.3, 0.4) is 0 Å². The Labute approximate surface area is 103 Å². The second-order valence-electron chi connectivity index (χ2n) is 4.45.